The maximum Gasteiger partial charge on any atom is 0.435 e. The molecule has 0 aliphatic heterocycles. The maximum atomic E-state index is 12.7. The predicted molar refractivity (Wildman–Crippen MR) is 92.6 cm³/mol. The molecule has 0 atom stereocenters. The third-order valence-electron chi connectivity index (χ3n) is 3.24. The van der Waals surface area contributed by atoms with Crippen LogP contribution < -0.4 is 17.2 Å². The van der Waals surface area contributed by atoms with Crippen LogP contribution in [0.2, 0.25) is 0 Å². The summed E-state index contributed by atoms with van der Waals surface area (Å²) in [5.74, 6) is -0.365. The lowest BCUT2D eigenvalue weighted by Crippen LogP contribution is -2.17. The smallest absolute Gasteiger partial charge is 0.399 e. The third kappa shape index (κ3) is 5.36. The van der Waals surface area contributed by atoms with Gasteiger partial charge in [0.05, 0.1) is 6.33 Å². The molecule has 0 radical (unpaired) electrons. The number of rotatable bonds is 3. The molecule has 1 aromatic carbocycles. The molecule has 6 N–H and O–H groups in total. The van der Waals surface area contributed by atoms with E-state index >= 15 is 0 Å². The van der Waals surface area contributed by atoms with Crippen LogP contribution in [0, 0.1) is 0 Å². The van der Waals surface area contributed by atoms with Gasteiger partial charge in [0, 0.05) is 31.0 Å². The number of nitrogens with zero attached hydrogens (tertiary/aromatic N) is 4. The van der Waals surface area contributed by atoms with Gasteiger partial charge in [-0.1, -0.05) is 18.2 Å². The Balaban J connectivity index is 0.000000290. The van der Waals surface area contributed by atoms with Gasteiger partial charge in [0.1, 0.15) is 11.5 Å². The molecule has 3 rings (SSSR count). The van der Waals surface area contributed by atoms with Crippen LogP contribution in [0.4, 0.5) is 30.4 Å². The van der Waals surface area contributed by atoms with Gasteiger partial charge in [0.25, 0.3) is 0 Å². The second-order valence-electron chi connectivity index (χ2n) is 5.25. The number of nitrogens with two attached hydrogens (primary N) is 3. The number of aromatic nitrogens is 4. The summed E-state index contributed by atoms with van der Waals surface area (Å²) in [7, 11) is 0. The lowest BCUT2D eigenvalue weighted by Gasteiger charge is -2.12. The van der Waals surface area contributed by atoms with Crippen LogP contribution in [0.1, 0.15) is 11.5 Å². The van der Waals surface area contributed by atoms with Crippen molar-refractivity contribution in [3.8, 4) is 0 Å². The Morgan fingerprint density at radius 2 is 1.69 bits per heavy atom. The number of nitrogen functional groups attached to an aromatic ring is 3. The van der Waals surface area contributed by atoms with Crippen molar-refractivity contribution >= 4 is 17.2 Å². The maximum absolute atomic E-state index is 12.7. The van der Waals surface area contributed by atoms with Gasteiger partial charge in [-0.05, 0) is 12.1 Å². The van der Waals surface area contributed by atoms with Gasteiger partial charge >= 0.3 is 6.18 Å². The van der Waals surface area contributed by atoms with Crippen molar-refractivity contribution in [1.82, 2.24) is 19.5 Å². The van der Waals surface area contributed by atoms with Crippen LogP contribution in [-0.2, 0) is 19.1 Å². The Morgan fingerprint density at radius 3 is 2.19 bits per heavy atom. The van der Waals surface area contributed by atoms with Crippen molar-refractivity contribution in [2.75, 3.05) is 17.2 Å². The predicted octanol–water partition coefficient (Wildman–Crippen LogP) is 2.37. The first-order valence-corrected chi connectivity index (χ1v) is 7.52. The molecule has 0 aliphatic rings. The summed E-state index contributed by atoms with van der Waals surface area (Å²) in [6, 6.07) is 9.49. The van der Waals surface area contributed by atoms with E-state index in [4.69, 9.17) is 17.2 Å². The minimum absolute atomic E-state index is 0.00674. The third-order valence-corrected chi connectivity index (χ3v) is 3.24. The van der Waals surface area contributed by atoms with E-state index in [1.165, 1.54) is 0 Å². The van der Waals surface area contributed by atoms with Crippen molar-refractivity contribution in [3.05, 3.63) is 60.6 Å². The summed E-state index contributed by atoms with van der Waals surface area (Å²) >= 11 is 0. The molecular weight excluding hydrogens is 347 g/mol. The lowest BCUT2D eigenvalue weighted by atomic mass is 10.3. The van der Waals surface area contributed by atoms with Gasteiger partial charge in [0.15, 0.2) is 11.5 Å². The van der Waals surface area contributed by atoms with E-state index in [-0.39, 0.29) is 18.1 Å². The highest BCUT2D eigenvalue weighted by Crippen LogP contribution is 2.33. The molecule has 0 bridgehead atoms. The number of hydrogen-bond donors (Lipinski definition) is 3. The molecule has 2 aromatic heterocycles. The van der Waals surface area contributed by atoms with E-state index in [9.17, 15) is 13.2 Å². The Bertz CT molecular complexity index is 818. The van der Waals surface area contributed by atoms with Crippen LogP contribution in [0.3, 0.4) is 0 Å². The summed E-state index contributed by atoms with van der Waals surface area (Å²) in [5, 5.41) is 0. The van der Waals surface area contributed by atoms with E-state index in [0.29, 0.717) is 6.54 Å². The first-order chi connectivity index (χ1) is 12.3. The molecule has 0 unspecified atom stereocenters. The molecule has 7 nitrogen and oxygen atoms in total. The standard InChI is InChI=1S/C10H11F3N6.C6H7N/c11-10(12,13)8-7(14)9(15)18-6(17-8)1-3-19-4-2-16-5-19;7-6-4-2-1-3-5-6/h2,4-5H,1,3,14H2,(H2,15,17,18);1-5H,7H2. The van der Waals surface area contributed by atoms with E-state index < -0.39 is 17.6 Å². The van der Waals surface area contributed by atoms with Gasteiger partial charge in [-0.2, -0.15) is 13.2 Å². The van der Waals surface area contributed by atoms with Crippen LogP contribution in [-0.4, -0.2) is 19.5 Å². The number of benzene rings is 1. The Labute approximate surface area is 147 Å². The largest absolute Gasteiger partial charge is 0.435 e. The highest BCUT2D eigenvalue weighted by molar-refractivity contribution is 5.61. The first-order valence-electron chi connectivity index (χ1n) is 7.52. The summed E-state index contributed by atoms with van der Waals surface area (Å²) < 4.78 is 39.7. The Hall–Kier alpha value is -3.30. The molecule has 0 fully saturated rings. The van der Waals surface area contributed by atoms with Gasteiger partial charge in [-0.3, -0.25) is 0 Å². The highest BCUT2D eigenvalue weighted by Gasteiger charge is 2.36. The molecule has 26 heavy (non-hydrogen) atoms. The molecule has 0 aliphatic carbocycles. The SMILES string of the molecule is Nc1ccccc1.Nc1nc(CCn2ccnc2)nc(C(F)(F)F)c1N. The topological polar surface area (TPSA) is 122 Å². The summed E-state index contributed by atoms with van der Waals surface area (Å²) in [6.45, 7) is 0.403. The van der Waals surface area contributed by atoms with E-state index in [1.807, 2.05) is 30.3 Å². The van der Waals surface area contributed by atoms with E-state index in [1.54, 1.807) is 23.3 Å². The minimum Gasteiger partial charge on any atom is -0.399 e. The molecular formula is C16H18F3N7. The van der Waals surface area contributed by atoms with Crippen LogP contribution >= 0.6 is 0 Å². The number of hydrogen-bond acceptors (Lipinski definition) is 6. The van der Waals surface area contributed by atoms with Crippen LogP contribution in [0.5, 0.6) is 0 Å². The first kappa shape index (κ1) is 19.0. The normalized spacial score (nSPS) is 10.9. The monoisotopic (exact) mass is 365 g/mol. The molecule has 3 aromatic rings. The second-order valence-corrected chi connectivity index (χ2v) is 5.25. The molecule has 138 valence electrons. The van der Waals surface area contributed by atoms with Gasteiger partial charge < -0.3 is 21.8 Å². The highest BCUT2D eigenvalue weighted by atomic mass is 19.4. The van der Waals surface area contributed by atoms with E-state index in [2.05, 4.69) is 15.0 Å². The zero-order valence-electron chi connectivity index (χ0n) is 13.7. The van der Waals surface area contributed by atoms with Crippen molar-refractivity contribution in [1.29, 1.82) is 0 Å². The molecule has 2 heterocycles. The fraction of sp³-hybridized carbons (Fsp3) is 0.188. The summed E-state index contributed by atoms with van der Waals surface area (Å²) in [5.41, 5.74) is 15.0. The minimum atomic E-state index is -4.65. The van der Waals surface area contributed by atoms with E-state index in [0.717, 1.165) is 5.69 Å². The van der Waals surface area contributed by atoms with Crippen molar-refractivity contribution in [3.63, 3.8) is 0 Å². The Kier molecular flexibility index (Phi) is 5.99. The van der Waals surface area contributed by atoms with Crippen molar-refractivity contribution in [2.45, 2.75) is 19.1 Å². The average molecular weight is 365 g/mol. The number of alkyl halides is 3. The van der Waals surface area contributed by atoms with Crippen molar-refractivity contribution in [2.24, 2.45) is 0 Å². The number of halogens is 3. The molecule has 0 spiro atoms. The molecule has 0 saturated heterocycles. The zero-order valence-corrected chi connectivity index (χ0v) is 13.7. The summed E-state index contributed by atoms with van der Waals surface area (Å²) in [4.78, 5) is 11.0. The van der Waals surface area contributed by atoms with Gasteiger partial charge in [-0.25, -0.2) is 15.0 Å². The Morgan fingerprint density at radius 1 is 1.00 bits per heavy atom. The molecule has 0 saturated carbocycles. The fourth-order valence-corrected chi connectivity index (χ4v) is 1.96. The average Bonchev–Trinajstić information content (AvgIpc) is 3.09. The zero-order chi connectivity index (χ0) is 19.2. The van der Waals surface area contributed by atoms with Crippen LogP contribution in [0.15, 0.2) is 49.1 Å². The number of para-hydroxylation sites is 1. The quantitative estimate of drug-likeness (QED) is 0.613. The van der Waals surface area contributed by atoms with Crippen molar-refractivity contribution < 1.29 is 13.2 Å². The number of imidazole rings is 1. The number of anilines is 3. The lowest BCUT2D eigenvalue weighted by molar-refractivity contribution is -0.140. The second kappa shape index (κ2) is 8.19. The molecule has 10 heteroatoms. The molecule has 0 amide bonds. The van der Waals surface area contributed by atoms with Gasteiger partial charge in [-0.15, -0.1) is 0 Å². The van der Waals surface area contributed by atoms with Gasteiger partial charge in [0.2, 0.25) is 0 Å². The summed E-state index contributed by atoms with van der Waals surface area (Å²) in [6.07, 6.45) is 0.352. The van der Waals surface area contributed by atoms with Crippen LogP contribution in [0.25, 0.3) is 0 Å². The fourth-order valence-electron chi connectivity index (χ4n) is 1.96. The number of aryl methyl sites for hydroxylation is 2.